The number of hydrogen-bond donors (Lipinski definition) is 2. The molecule has 5 nitrogen and oxygen atoms in total. The molecule has 4 saturated carbocycles. The Hall–Kier alpha value is -0.170. The number of hydrogen-bond acceptors (Lipinski definition) is 4. The van der Waals surface area contributed by atoms with Crippen LogP contribution in [0.3, 0.4) is 0 Å². The van der Waals surface area contributed by atoms with Crippen LogP contribution < -0.4 is 0 Å². The molecule has 4 fully saturated rings. The molecule has 0 aromatic rings. The summed E-state index contributed by atoms with van der Waals surface area (Å²) in [5.41, 5.74) is 0.354. The van der Waals surface area contributed by atoms with Gasteiger partial charge >= 0.3 is 10.4 Å². The largest absolute Gasteiger partial charge is 0.397 e. The first-order chi connectivity index (χ1) is 11.6. The van der Waals surface area contributed by atoms with E-state index in [9.17, 15) is 13.5 Å². The summed E-state index contributed by atoms with van der Waals surface area (Å²) >= 11 is 0. The van der Waals surface area contributed by atoms with E-state index in [1.165, 1.54) is 12.8 Å². The van der Waals surface area contributed by atoms with E-state index in [4.69, 9.17) is 8.74 Å². The SMILES string of the molecule is C[C@]12CC[C@H](OS(=O)(=O)O)CC1CCC1C2CC[C@@]2(C)C1CC[C@H]2O. The van der Waals surface area contributed by atoms with Crippen LogP contribution in [0.4, 0.5) is 0 Å². The molecule has 4 aliphatic carbocycles. The molecule has 0 spiro atoms. The summed E-state index contributed by atoms with van der Waals surface area (Å²) in [6, 6.07) is 0. The van der Waals surface area contributed by atoms with Gasteiger partial charge in [0.25, 0.3) is 0 Å². The Morgan fingerprint density at radius 2 is 1.60 bits per heavy atom. The van der Waals surface area contributed by atoms with Crippen LogP contribution in [0, 0.1) is 34.5 Å². The molecule has 0 aromatic heterocycles. The number of aliphatic hydroxyl groups excluding tert-OH is 1. The van der Waals surface area contributed by atoms with Gasteiger partial charge in [-0.3, -0.25) is 4.55 Å². The number of rotatable bonds is 2. The van der Waals surface area contributed by atoms with Gasteiger partial charge in [0.05, 0.1) is 12.2 Å². The Labute approximate surface area is 151 Å². The smallest absolute Gasteiger partial charge is 0.393 e. The van der Waals surface area contributed by atoms with Crippen LogP contribution in [0.15, 0.2) is 0 Å². The first-order valence-corrected chi connectivity index (χ1v) is 11.3. The highest BCUT2D eigenvalue weighted by Crippen LogP contribution is 2.66. The third-order valence-corrected chi connectivity index (χ3v) is 9.34. The van der Waals surface area contributed by atoms with E-state index in [2.05, 4.69) is 13.8 Å². The zero-order valence-corrected chi connectivity index (χ0v) is 16.2. The maximum atomic E-state index is 11.1. The normalized spacial score (nSPS) is 53.0. The second-order valence-corrected chi connectivity index (χ2v) is 10.8. The maximum Gasteiger partial charge on any atom is 0.397 e. The van der Waals surface area contributed by atoms with E-state index < -0.39 is 10.4 Å². The fourth-order valence-corrected chi connectivity index (χ4v) is 7.97. The molecule has 0 saturated heterocycles. The first-order valence-electron chi connectivity index (χ1n) is 9.97. The zero-order chi connectivity index (χ0) is 18.0. The minimum absolute atomic E-state index is 0.107. The molecular formula is C19H32O5S. The Bertz CT molecular complexity index is 634. The highest BCUT2D eigenvalue weighted by molar-refractivity contribution is 7.80. The van der Waals surface area contributed by atoms with Gasteiger partial charge in [-0.25, -0.2) is 4.18 Å². The third-order valence-electron chi connectivity index (χ3n) is 8.83. The minimum atomic E-state index is -4.36. The van der Waals surface area contributed by atoms with E-state index in [0.717, 1.165) is 38.5 Å². The lowest BCUT2D eigenvalue weighted by Crippen LogP contribution is -2.54. The van der Waals surface area contributed by atoms with Gasteiger partial charge in [-0.05, 0) is 92.3 Å². The molecule has 0 aliphatic heterocycles. The van der Waals surface area contributed by atoms with Gasteiger partial charge in [0, 0.05) is 0 Å². The van der Waals surface area contributed by atoms with Crippen molar-refractivity contribution in [3.8, 4) is 0 Å². The minimum Gasteiger partial charge on any atom is -0.393 e. The van der Waals surface area contributed by atoms with Crippen molar-refractivity contribution in [2.75, 3.05) is 0 Å². The standard InChI is InChI=1S/C19H32O5S/c1-18-9-7-13(24-25(21,22)23)11-12(18)3-4-14-15-5-6-17(20)19(15,2)10-8-16(14)18/h12-17,20H,3-11H2,1-2H3,(H,21,22,23)/t12?,13-,14?,15?,16?,17+,18-,19-/m0/s1. The second kappa shape index (κ2) is 5.91. The second-order valence-electron chi connectivity index (χ2n) is 9.71. The molecule has 0 heterocycles. The van der Waals surface area contributed by atoms with Crippen LogP contribution in [0.1, 0.15) is 71.6 Å². The summed E-state index contributed by atoms with van der Waals surface area (Å²) < 4.78 is 36.0. The quantitative estimate of drug-likeness (QED) is 0.724. The van der Waals surface area contributed by atoms with Crippen LogP contribution in [0.25, 0.3) is 0 Å². The summed E-state index contributed by atoms with van der Waals surface area (Å²) in [4.78, 5) is 0. The van der Waals surface area contributed by atoms with Crippen LogP contribution >= 0.6 is 0 Å². The van der Waals surface area contributed by atoms with Crippen molar-refractivity contribution in [1.29, 1.82) is 0 Å². The van der Waals surface area contributed by atoms with E-state index in [-0.39, 0.29) is 23.0 Å². The van der Waals surface area contributed by atoms with E-state index in [1.807, 2.05) is 0 Å². The fourth-order valence-electron chi connectivity index (χ4n) is 7.45. The van der Waals surface area contributed by atoms with Gasteiger partial charge in [0.15, 0.2) is 0 Å². The van der Waals surface area contributed by atoms with Gasteiger partial charge in [0.1, 0.15) is 0 Å². The van der Waals surface area contributed by atoms with Crippen molar-refractivity contribution in [3.63, 3.8) is 0 Å². The highest BCUT2D eigenvalue weighted by Gasteiger charge is 2.60. The van der Waals surface area contributed by atoms with Gasteiger partial charge in [0.2, 0.25) is 0 Å². The van der Waals surface area contributed by atoms with E-state index >= 15 is 0 Å². The fraction of sp³-hybridized carbons (Fsp3) is 1.00. The van der Waals surface area contributed by atoms with Crippen LogP contribution in [0.2, 0.25) is 0 Å². The topological polar surface area (TPSA) is 83.8 Å². The molecule has 4 rings (SSSR count). The molecule has 2 N–H and O–H groups in total. The molecule has 25 heavy (non-hydrogen) atoms. The van der Waals surface area contributed by atoms with Crippen molar-refractivity contribution in [1.82, 2.24) is 0 Å². The molecule has 144 valence electrons. The molecule has 4 unspecified atom stereocenters. The van der Waals surface area contributed by atoms with Crippen molar-refractivity contribution >= 4 is 10.4 Å². The predicted molar refractivity (Wildman–Crippen MR) is 94.2 cm³/mol. The van der Waals surface area contributed by atoms with Crippen LogP contribution in [-0.4, -0.2) is 30.3 Å². The van der Waals surface area contributed by atoms with Crippen molar-refractivity contribution in [2.24, 2.45) is 34.5 Å². The highest BCUT2D eigenvalue weighted by atomic mass is 32.3. The lowest BCUT2D eigenvalue weighted by atomic mass is 9.45. The average molecular weight is 373 g/mol. The number of fused-ring (bicyclic) bond motifs is 5. The molecule has 8 atom stereocenters. The zero-order valence-electron chi connectivity index (χ0n) is 15.4. The summed E-state index contributed by atoms with van der Waals surface area (Å²) in [7, 11) is -4.36. The predicted octanol–water partition coefficient (Wildman–Crippen LogP) is 3.58. The molecule has 0 aromatic carbocycles. The monoisotopic (exact) mass is 372 g/mol. The van der Waals surface area contributed by atoms with Crippen molar-refractivity contribution < 1.29 is 22.3 Å². The summed E-state index contributed by atoms with van der Waals surface area (Å²) in [6.07, 6.45) is 8.65. The van der Waals surface area contributed by atoms with Crippen LogP contribution in [0.5, 0.6) is 0 Å². The molecule has 4 aliphatic rings. The summed E-state index contributed by atoms with van der Waals surface area (Å²) in [5.74, 6) is 2.51. The molecule has 0 amide bonds. The summed E-state index contributed by atoms with van der Waals surface area (Å²) in [5, 5.41) is 10.5. The molecule has 0 radical (unpaired) electrons. The lowest BCUT2D eigenvalue weighted by molar-refractivity contribution is -0.131. The van der Waals surface area contributed by atoms with Crippen molar-refractivity contribution in [2.45, 2.75) is 83.8 Å². The Morgan fingerprint density at radius 1 is 0.920 bits per heavy atom. The molecular weight excluding hydrogens is 340 g/mol. The summed E-state index contributed by atoms with van der Waals surface area (Å²) in [6.45, 7) is 4.71. The average Bonchev–Trinajstić information content (AvgIpc) is 2.82. The van der Waals surface area contributed by atoms with Gasteiger partial charge in [-0.15, -0.1) is 0 Å². The molecule has 6 heteroatoms. The Balaban J connectivity index is 1.53. The van der Waals surface area contributed by atoms with Crippen molar-refractivity contribution in [3.05, 3.63) is 0 Å². The van der Waals surface area contributed by atoms with E-state index in [1.54, 1.807) is 0 Å². The van der Waals surface area contributed by atoms with Gasteiger partial charge < -0.3 is 5.11 Å². The Morgan fingerprint density at radius 3 is 2.32 bits per heavy atom. The molecule has 0 bridgehead atoms. The number of aliphatic hydroxyl groups is 1. The lowest BCUT2D eigenvalue weighted by Gasteiger charge is -2.60. The maximum absolute atomic E-state index is 11.1. The van der Waals surface area contributed by atoms with E-state index in [0.29, 0.717) is 30.1 Å². The first kappa shape index (κ1) is 18.2. The van der Waals surface area contributed by atoms with Gasteiger partial charge in [-0.2, -0.15) is 8.42 Å². The Kier molecular flexibility index (Phi) is 4.31. The third kappa shape index (κ3) is 2.88. The van der Waals surface area contributed by atoms with Gasteiger partial charge in [-0.1, -0.05) is 13.8 Å². The van der Waals surface area contributed by atoms with Crippen LogP contribution in [-0.2, 0) is 14.6 Å².